The number of hydrogen-bond acceptors (Lipinski definition) is 4. The fourth-order valence-electron chi connectivity index (χ4n) is 2.74. The highest BCUT2D eigenvalue weighted by Crippen LogP contribution is 2.24. The third-order valence-electron chi connectivity index (χ3n) is 3.82. The highest BCUT2D eigenvalue weighted by atomic mass is 32.1. The first-order valence-corrected chi connectivity index (χ1v) is 9.30. The molecule has 114 valence electrons. The van der Waals surface area contributed by atoms with E-state index >= 15 is 0 Å². The topological polar surface area (TPSA) is 25.8 Å². The molecule has 5 rings (SSSR count). The Bertz CT molecular complexity index is 988. The average Bonchev–Trinajstić information content (AvgIpc) is 3.32. The maximum Gasteiger partial charge on any atom is 0.0651 e. The van der Waals surface area contributed by atoms with Crippen molar-refractivity contribution in [3.63, 3.8) is 0 Å². The molecule has 0 atom stereocenters. The summed E-state index contributed by atoms with van der Waals surface area (Å²) in [5, 5.41) is 0. The lowest BCUT2D eigenvalue weighted by atomic mass is 10.3. The van der Waals surface area contributed by atoms with E-state index < -0.39 is 0 Å². The Morgan fingerprint density at radius 1 is 0.458 bits per heavy atom. The number of fused-ring (bicyclic) bond motifs is 8. The summed E-state index contributed by atoms with van der Waals surface area (Å²) >= 11 is 3.50. The summed E-state index contributed by atoms with van der Waals surface area (Å²) in [4.78, 5) is 9.38. The van der Waals surface area contributed by atoms with Gasteiger partial charge in [0.2, 0.25) is 0 Å². The second-order valence-electron chi connectivity index (χ2n) is 5.65. The van der Waals surface area contributed by atoms with Crippen LogP contribution in [0.5, 0.6) is 0 Å². The second-order valence-corrected chi connectivity index (χ2v) is 7.94. The molecule has 0 saturated carbocycles. The van der Waals surface area contributed by atoms with E-state index in [1.807, 2.05) is 0 Å². The SMILES string of the molecule is C1=Cc2cc3ccc(cc4nc(cc5ccc(cc1n2)s5)C=C4)s3. The van der Waals surface area contributed by atoms with Gasteiger partial charge in [0.15, 0.2) is 0 Å². The molecular weight excluding hydrogens is 332 g/mol. The molecule has 0 radical (unpaired) electrons. The zero-order valence-electron chi connectivity index (χ0n) is 12.6. The molecular formula is C20H12N2S2. The largest absolute Gasteiger partial charge is 0.249 e. The molecule has 0 fully saturated rings. The molecule has 0 aromatic carbocycles. The molecule has 0 saturated heterocycles. The first-order chi connectivity index (χ1) is 11.8. The second kappa shape index (κ2) is 5.51. The van der Waals surface area contributed by atoms with Crippen LogP contribution in [0.3, 0.4) is 0 Å². The number of hydrogen-bond donors (Lipinski definition) is 0. The Kier molecular flexibility index (Phi) is 3.18. The van der Waals surface area contributed by atoms with E-state index in [-0.39, 0.29) is 0 Å². The predicted molar refractivity (Wildman–Crippen MR) is 106 cm³/mol. The maximum absolute atomic E-state index is 4.69. The van der Waals surface area contributed by atoms with Crippen LogP contribution in [0.15, 0.2) is 48.5 Å². The molecule has 0 aliphatic carbocycles. The first kappa shape index (κ1) is 13.8. The lowest BCUT2D eigenvalue weighted by Gasteiger charge is -1.83. The van der Waals surface area contributed by atoms with Gasteiger partial charge in [0.25, 0.3) is 0 Å². The van der Waals surface area contributed by atoms with Gasteiger partial charge in [-0.2, -0.15) is 0 Å². The van der Waals surface area contributed by atoms with E-state index in [0.29, 0.717) is 0 Å². The van der Waals surface area contributed by atoms with Gasteiger partial charge in [-0.1, -0.05) is 0 Å². The zero-order valence-corrected chi connectivity index (χ0v) is 14.3. The van der Waals surface area contributed by atoms with Crippen molar-refractivity contribution in [1.82, 2.24) is 9.97 Å². The van der Waals surface area contributed by atoms with Gasteiger partial charge in [-0.3, -0.25) is 0 Å². The molecule has 4 heteroatoms. The summed E-state index contributed by atoms with van der Waals surface area (Å²) in [5.41, 5.74) is 4.00. The quantitative estimate of drug-likeness (QED) is 0.338. The van der Waals surface area contributed by atoms with Crippen molar-refractivity contribution < 1.29 is 0 Å². The smallest absolute Gasteiger partial charge is 0.0651 e. The van der Waals surface area contributed by atoms with Gasteiger partial charge in [-0.05, 0) is 72.8 Å². The van der Waals surface area contributed by atoms with E-state index in [4.69, 9.17) is 0 Å². The Hall–Kier alpha value is -2.56. The summed E-state index contributed by atoms with van der Waals surface area (Å²) in [5.74, 6) is 0. The molecule has 0 unspecified atom stereocenters. The summed E-state index contributed by atoms with van der Waals surface area (Å²) in [6.45, 7) is 0. The van der Waals surface area contributed by atoms with E-state index in [0.717, 1.165) is 22.8 Å². The molecule has 0 spiro atoms. The molecule has 0 amide bonds. The van der Waals surface area contributed by atoms with E-state index in [1.165, 1.54) is 18.8 Å². The summed E-state index contributed by atoms with van der Waals surface area (Å²) < 4.78 is 4.81. The highest BCUT2D eigenvalue weighted by molar-refractivity contribution is 7.23. The van der Waals surface area contributed by atoms with Crippen molar-refractivity contribution in [3.05, 3.63) is 71.3 Å². The van der Waals surface area contributed by atoms with Crippen molar-refractivity contribution in [3.8, 4) is 0 Å². The summed E-state index contributed by atoms with van der Waals surface area (Å²) in [6.07, 6.45) is 8.27. The number of aromatic nitrogens is 2. The van der Waals surface area contributed by atoms with Crippen molar-refractivity contribution >= 4 is 65.8 Å². The monoisotopic (exact) mass is 344 g/mol. The normalized spacial score (nSPS) is 12.7. The minimum atomic E-state index is 0.999. The van der Waals surface area contributed by atoms with Crippen molar-refractivity contribution in [1.29, 1.82) is 0 Å². The zero-order chi connectivity index (χ0) is 15.9. The fourth-order valence-corrected chi connectivity index (χ4v) is 4.55. The molecule has 2 aliphatic heterocycles. The minimum Gasteiger partial charge on any atom is -0.249 e. The minimum absolute atomic E-state index is 0.999. The molecule has 0 N–H and O–H groups in total. The molecule has 2 nitrogen and oxygen atoms in total. The number of nitrogens with zero attached hydrogens (tertiary/aromatic N) is 2. The summed E-state index contributed by atoms with van der Waals surface area (Å²) in [7, 11) is 0. The van der Waals surface area contributed by atoms with E-state index in [1.54, 1.807) is 22.7 Å². The van der Waals surface area contributed by atoms with Crippen LogP contribution in [0.4, 0.5) is 0 Å². The van der Waals surface area contributed by atoms with Crippen LogP contribution in [-0.4, -0.2) is 9.97 Å². The molecule has 8 bridgehead atoms. The number of rotatable bonds is 0. The van der Waals surface area contributed by atoms with Gasteiger partial charge in [-0.15, -0.1) is 22.7 Å². The molecule has 24 heavy (non-hydrogen) atoms. The van der Waals surface area contributed by atoms with Crippen LogP contribution in [0.1, 0.15) is 22.8 Å². The van der Waals surface area contributed by atoms with Gasteiger partial charge >= 0.3 is 0 Å². The van der Waals surface area contributed by atoms with Crippen molar-refractivity contribution in [2.45, 2.75) is 0 Å². The fraction of sp³-hybridized carbons (Fsp3) is 0. The Morgan fingerprint density at radius 3 is 1.04 bits per heavy atom. The van der Waals surface area contributed by atoms with E-state index in [9.17, 15) is 0 Å². The van der Waals surface area contributed by atoms with Gasteiger partial charge in [0, 0.05) is 18.8 Å². The van der Waals surface area contributed by atoms with Gasteiger partial charge < -0.3 is 0 Å². The lowest BCUT2D eigenvalue weighted by Crippen LogP contribution is -1.71. The summed E-state index contributed by atoms with van der Waals surface area (Å²) in [6, 6.07) is 17.0. The molecule has 2 aliphatic rings. The standard InChI is InChI=1S/C20H12N2S2/c1-2-14-10-18-7-8-20(24-18)12-16-4-3-15(22-16)11-19-6-5-17(23-19)9-13(1)21-14/h1-12H. The van der Waals surface area contributed by atoms with Gasteiger partial charge in [0.05, 0.1) is 22.8 Å². The van der Waals surface area contributed by atoms with E-state index in [2.05, 4.69) is 82.8 Å². The third kappa shape index (κ3) is 2.70. The van der Waals surface area contributed by atoms with Crippen LogP contribution in [0, 0.1) is 0 Å². The van der Waals surface area contributed by atoms with Crippen LogP contribution in [0.2, 0.25) is 0 Å². The van der Waals surface area contributed by atoms with Crippen LogP contribution in [-0.2, 0) is 0 Å². The lowest BCUT2D eigenvalue weighted by molar-refractivity contribution is 1.33. The molecule has 3 aromatic rings. The van der Waals surface area contributed by atoms with Crippen molar-refractivity contribution in [2.75, 3.05) is 0 Å². The Labute approximate surface area is 147 Å². The average molecular weight is 344 g/mol. The predicted octanol–water partition coefficient (Wildman–Crippen LogP) is 6.12. The van der Waals surface area contributed by atoms with Crippen molar-refractivity contribution in [2.24, 2.45) is 0 Å². The van der Waals surface area contributed by atoms with Gasteiger partial charge in [0.1, 0.15) is 0 Å². The highest BCUT2D eigenvalue weighted by Gasteiger charge is 2.01. The molecule has 5 heterocycles. The van der Waals surface area contributed by atoms with Crippen LogP contribution >= 0.6 is 22.7 Å². The Balaban J connectivity index is 1.85. The third-order valence-corrected chi connectivity index (χ3v) is 5.78. The van der Waals surface area contributed by atoms with Crippen LogP contribution < -0.4 is 0 Å². The Morgan fingerprint density at radius 2 is 0.750 bits per heavy atom. The first-order valence-electron chi connectivity index (χ1n) is 7.66. The van der Waals surface area contributed by atoms with Crippen LogP contribution in [0.25, 0.3) is 43.1 Å². The maximum atomic E-state index is 4.69. The molecule has 3 aromatic heterocycles. The number of thiophene rings is 2. The van der Waals surface area contributed by atoms with Gasteiger partial charge in [-0.25, -0.2) is 9.97 Å².